The third-order valence-corrected chi connectivity index (χ3v) is 0. The van der Waals surface area contributed by atoms with Gasteiger partial charge in [0.05, 0.1) is 0 Å². The van der Waals surface area contributed by atoms with Crippen LogP contribution in [0.1, 0.15) is 0 Å². The lowest BCUT2D eigenvalue weighted by Gasteiger charge is -1.70. The van der Waals surface area contributed by atoms with Crippen LogP contribution in [0.2, 0.25) is 0 Å². The minimum Gasteiger partial charge on any atom is -0.304 e. The zero-order valence-corrected chi connectivity index (χ0v) is 5.49. The summed E-state index contributed by atoms with van der Waals surface area (Å²) in [6.45, 7) is 0. The van der Waals surface area contributed by atoms with Gasteiger partial charge in [-0.15, -0.1) is 0 Å². The zero-order valence-electron chi connectivity index (χ0n) is 2.67. The summed E-state index contributed by atoms with van der Waals surface area (Å²) in [6, 6.07) is 0. The van der Waals surface area contributed by atoms with Gasteiger partial charge in [-0.2, -0.15) is 0 Å². The Morgan fingerprint density at radius 3 is 1.50 bits per heavy atom. The monoisotopic (exact) mass is 136 g/mol. The third-order valence-electron chi connectivity index (χ3n) is 0. The molecule has 0 amide bonds. The van der Waals surface area contributed by atoms with Crippen LogP contribution in [-0.4, -0.2) is 51.2 Å². The minimum atomic E-state index is -3.53. The molecular formula is H5AlMgO3S. The Bertz CT molecular complexity index is 94.0. The molecule has 0 aliphatic rings. The van der Waals surface area contributed by atoms with Crippen LogP contribution in [0.25, 0.3) is 0 Å². The summed E-state index contributed by atoms with van der Waals surface area (Å²) in [5.74, 6) is 0. The van der Waals surface area contributed by atoms with Crippen LogP contribution in [0.4, 0.5) is 0 Å². The van der Waals surface area contributed by atoms with Gasteiger partial charge in [0.25, 0.3) is 0 Å². The van der Waals surface area contributed by atoms with Crippen molar-refractivity contribution in [3.63, 3.8) is 0 Å². The molecule has 0 heterocycles. The molecule has 0 radical (unpaired) electrons. The molecule has 0 atom stereocenters. The molecule has 0 aliphatic carbocycles. The van der Waals surface area contributed by atoms with E-state index in [-0.39, 0.29) is 38.2 Å². The van der Waals surface area contributed by atoms with Crippen molar-refractivity contribution >= 4 is 46.7 Å². The van der Waals surface area contributed by atoms with Crippen LogP contribution in [0.15, 0.2) is 0 Å². The van der Waals surface area contributed by atoms with E-state index in [2.05, 4.69) is 0 Å². The number of hydrogen-bond donors (Lipinski definition) is 1. The van der Waals surface area contributed by atoms with Crippen LogP contribution < -0.4 is 0 Å². The molecule has 0 aromatic heterocycles. The Labute approximate surface area is 59.5 Å². The molecular weight excluding hydrogens is 131 g/mol. The van der Waals surface area contributed by atoms with Crippen molar-refractivity contribution in [2.24, 2.45) is 0 Å². The van der Waals surface area contributed by atoms with Crippen molar-refractivity contribution in [3.05, 3.63) is 0 Å². The predicted octanol–water partition coefficient (Wildman–Crippen LogP) is -2.49. The second-order valence-electron chi connectivity index (χ2n) is 0.733. The molecule has 0 aromatic rings. The average Bonchev–Trinajstić information content (AvgIpc) is 0.722. The second kappa shape index (κ2) is 3.24. The van der Waals surface area contributed by atoms with Crippen LogP contribution >= 0.6 is 0 Å². The van der Waals surface area contributed by atoms with Gasteiger partial charge >= 0.3 is 38.2 Å². The predicted molar refractivity (Wildman–Crippen MR) is 28.6 cm³/mol. The van der Waals surface area contributed by atoms with E-state index in [4.69, 9.17) is 4.55 Å². The Morgan fingerprint density at radius 1 is 1.50 bits per heavy atom. The molecule has 34 valence electrons. The molecule has 0 unspecified atom stereocenters. The lowest BCUT2D eigenvalue weighted by molar-refractivity contribution is 0.501. The number of hydrogen-bond acceptors (Lipinski definition) is 2. The molecule has 6 heteroatoms. The Morgan fingerprint density at radius 2 is 1.50 bits per heavy atom. The van der Waals surface area contributed by atoms with Crippen molar-refractivity contribution in [2.45, 2.75) is 0 Å². The van der Waals surface area contributed by atoms with Gasteiger partial charge < -0.3 is 4.55 Å². The molecule has 0 fully saturated rings. The van der Waals surface area contributed by atoms with Gasteiger partial charge in [-0.1, -0.05) is 0 Å². The van der Waals surface area contributed by atoms with Crippen molar-refractivity contribution < 1.29 is 13.0 Å². The maximum atomic E-state index is 9.25. The molecule has 3 nitrogen and oxygen atoms in total. The summed E-state index contributed by atoms with van der Waals surface area (Å²) in [7, 11) is -3.53. The molecule has 0 saturated carbocycles. The van der Waals surface area contributed by atoms with Gasteiger partial charge in [-0.25, -0.2) is 8.42 Å². The maximum absolute atomic E-state index is 9.25. The van der Waals surface area contributed by atoms with Crippen molar-refractivity contribution in [2.75, 3.05) is 0 Å². The highest BCUT2D eigenvalue weighted by Gasteiger charge is 1.83. The van der Waals surface area contributed by atoms with Gasteiger partial charge in [0.15, 0.2) is 0 Å². The first-order chi connectivity index (χ1) is 2.00. The fourth-order valence-corrected chi connectivity index (χ4v) is 0. The maximum Gasteiger partial charge on any atom is 0.453 e. The fraction of sp³-hybridized carbons (Fsp3) is 0. The van der Waals surface area contributed by atoms with E-state index in [1.165, 1.54) is 0 Å². The van der Waals surface area contributed by atoms with Gasteiger partial charge in [0.2, 0.25) is 0 Å². The first kappa shape index (κ1) is 10.2. The molecule has 0 aromatic carbocycles. The summed E-state index contributed by atoms with van der Waals surface area (Å²) in [5, 5.41) is 0. The van der Waals surface area contributed by atoms with Crippen LogP contribution in [0.3, 0.4) is 0 Å². The van der Waals surface area contributed by atoms with E-state index in [1.807, 2.05) is 0 Å². The summed E-state index contributed by atoms with van der Waals surface area (Å²) in [6.07, 6.45) is 0. The fourth-order valence-electron chi connectivity index (χ4n) is 0. The van der Waals surface area contributed by atoms with Crippen molar-refractivity contribution in [1.82, 2.24) is 0 Å². The first-order valence-corrected chi connectivity index (χ1v) is 5.22. The zero-order chi connectivity index (χ0) is 4.50. The average molecular weight is 136 g/mol. The SMILES string of the molecule is O=[S](=O)(O)[AlH2].[MgH2]. The van der Waals surface area contributed by atoms with E-state index in [1.54, 1.807) is 0 Å². The lowest BCUT2D eigenvalue weighted by atomic mass is 15.9. The Kier molecular flexibility index (Phi) is 5.53. The molecule has 6 heavy (non-hydrogen) atoms. The standard InChI is InChI=1S/Al.Mg.HO3S.4H/c;;1-4(2)3;;;;/h;;(H,1,2,3);;;;. The summed E-state index contributed by atoms with van der Waals surface area (Å²) >= 11 is -0.164. The van der Waals surface area contributed by atoms with Crippen LogP contribution in [0, 0.1) is 0 Å². The first-order valence-electron chi connectivity index (χ1n) is 0.924. The van der Waals surface area contributed by atoms with Gasteiger partial charge in [0.1, 0.15) is 8.48 Å². The highest BCUT2D eigenvalue weighted by Crippen LogP contribution is 1.57. The smallest absolute Gasteiger partial charge is 0.304 e. The van der Waals surface area contributed by atoms with E-state index in [0.717, 1.165) is 0 Å². The summed E-state index contributed by atoms with van der Waals surface area (Å²) in [5.41, 5.74) is 0. The molecule has 0 aliphatic heterocycles. The van der Waals surface area contributed by atoms with E-state index in [9.17, 15) is 8.42 Å². The Balaban J connectivity index is 0. The van der Waals surface area contributed by atoms with E-state index in [0.29, 0.717) is 0 Å². The third kappa shape index (κ3) is 63.2. The van der Waals surface area contributed by atoms with E-state index >= 15 is 0 Å². The van der Waals surface area contributed by atoms with Gasteiger partial charge in [-0.05, 0) is 0 Å². The van der Waals surface area contributed by atoms with E-state index < -0.39 is 8.48 Å². The summed E-state index contributed by atoms with van der Waals surface area (Å²) < 4.78 is 26.1. The second-order valence-corrected chi connectivity index (χ2v) is 5.29. The largest absolute Gasteiger partial charge is 0.453 e. The number of rotatable bonds is 0. The topological polar surface area (TPSA) is 54.4 Å². The quantitative estimate of drug-likeness (QED) is 0.296. The van der Waals surface area contributed by atoms with Gasteiger partial charge in [-0.3, -0.25) is 0 Å². The molecule has 0 rings (SSSR count). The lowest BCUT2D eigenvalue weighted by Crippen LogP contribution is -1.91. The normalized spacial score (nSPS) is 9.50. The van der Waals surface area contributed by atoms with Crippen LogP contribution in [0.5, 0.6) is 0 Å². The molecule has 1 N–H and O–H groups in total. The van der Waals surface area contributed by atoms with Crippen molar-refractivity contribution in [3.8, 4) is 0 Å². The summed E-state index contributed by atoms with van der Waals surface area (Å²) in [4.78, 5) is 0. The Hall–Kier alpha value is 1.21. The highest BCUT2D eigenvalue weighted by atomic mass is 32.4. The minimum absolute atomic E-state index is 0. The van der Waals surface area contributed by atoms with Crippen molar-refractivity contribution in [1.29, 1.82) is 0 Å². The molecule has 0 bridgehead atoms. The highest BCUT2D eigenvalue weighted by molar-refractivity contribution is 8.07. The molecule has 0 spiro atoms. The molecule has 0 saturated heterocycles. The van der Waals surface area contributed by atoms with Crippen LogP contribution in [-0.2, 0) is 8.48 Å². The van der Waals surface area contributed by atoms with Gasteiger partial charge in [0, 0.05) is 0 Å².